The van der Waals surface area contributed by atoms with E-state index in [0.717, 1.165) is 46.5 Å². The zero-order chi connectivity index (χ0) is 31.4. The largest absolute Gasteiger partial charge is 0.345 e. The van der Waals surface area contributed by atoms with Crippen LogP contribution < -0.4 is 4.90 Å². The molecule has 0 bridgehead atoms. The molecule has 4 heterocycles. The molecule has 6 rings (SSSR count). The smallest absolute Gasteiger partial charge is 0.274 e. The van der Waals surface area contributed by atoms with Crippen molar-refractivity contribution in [3.05, 3.63) is 64.0 Å². The highest BCUT2D eigenvalue weighted by Gasteiger charge is 2.33. The molecular weight excluding hydrogens is 566 g/mol. The van der Waals surface area contributed by atoms with Crippen LogP contribution in [0.4, 0.5) is 20.2 Å². The summed E-state index contributed by atoms with van der Waals surface area (Å²) in [4.78, 5) is 44.7. The quantitative estimate of drug-likeness (QED) is 0.409. The summed E-state index contributed by atoms with van der Waals surface area (Å²) in [7, 11) is 6.73. The van der Waals surface area contributed by atoms with Crippen molar-refractivity contribution in [3.8, 4) is 11.1 Å². The Bertz CT molecular complexity index is 1670. The van der Waals surface area contributed by atoms with Crippen molar-refractivity contribution in [2.75, 3.05) is 39.1 Å². The summed E-state index contributed by atoms with van der Waals surface area (Å²) in [6, 6.07) is 7.70. The molecule has 3 amide bonds. The van der Waals surface area contributed by atoms with Gasteiger partial charge < -0.3 is 19.6 Å². The lowest BCUT2D eigenvalue weighted by Crippen LogP contribution is -2.36. The fraction of sp³-hybridized carbons (Fsp3) is 0.455. The summed E-state index contributed by atoms with van der Waals surface area (Å²) in [6.45, 7) is 3.78. The van der Waals surface area contributed by atoms with Gasteiger partial charge in [0.25, 0.3) is 12.3 Å². The van der Waals surface area contributed by atoms with E-state index in [1.165, 1.54) is 9.58 Å². The number of hydrogen-bond donors (Lipinski definition) is 0. The Balaban J connectivity index is 1.48. The molecule has 3 aliphatic heterocycles. The number of halogens is 2. The number of carbonyl (C=O) groups excluding carboxylic acids is 3. The second kappa shape index (κ2) is 11.3. The Kier molecular flexibility index (Phi) is 7.67. The number of piperidine rings is 1. The molecule has 1 atom stereocenters. The molecule has 44 heavy (non-hydrogen) atoms. The van der Waals surface area contributed by atoms with Crippen molar-refractivity contribution in [2.45, 2.75) is 58.0 Å². The maximum atomic E-state index is 14.8. The average molecular weight is 605 g/mol. The Morgan fingerprint density at radius 1 is 1.00 bits per heavy atom. The van der Waals surface area contributed by atoms with Gasteiger partial charge in [0.1, 0.15) is 0 Å². The number of aromatic nitrogens is 2. The van der Waals surface area contributed by atoms with Crippen LogP contribution in [-0.2, 0) is 36.1 Å². The van der Waals surface area contributed by atoms with Crippen molar-refractivity contribution >= 4 is 29.1 Å². The van der Waals surface area contributed by atoms with Gasteiger partial charge in [0.15, 0.2) is 5.69 Å². The number of likely N-dealkylation sites (tertiary alicyclic amines) is 1. The van der Waals surface area contributed by atoms with E-state index in [0.29, 0.717) is 50.1 Å². The van der Waals surface area contributed by atoms with Crippen LogP contribution in [0.25, 0.3) is 11.1 Å². The molecule has 2 aromatic carbocycles. The second-order valence-corrected chi connectivity index (χ2v) is 12.5. The van der Waals surface area contributed by atoms with E-state index in [2.05, 4.69) is 22.1 Å². The first kappa shape index (κ1) is 29.8. The lowest BCUT2D eigenvalue weighted by atomic mass is 9.87. The fourth-order valence-electron chi connectivity index (χ4n) is 6.87. The summed E-state index contributed by atoms with van der Waals surface area (Å²) >= 11 is 0. The maximum Gasteiger partial charge on any atom is 0.274 e. The highest BCUT2D eigenvalue weighted by Crippen LogP contribution is 2.45. The van der Waals surface area contributed by atoms with E-state index in [1.807, 2.05) is 7.05 Å². The lowest BCUT2D eigenvalue weighted by Gasteiger charge is -2.35. The minimum atomic E-state index is -2.78. The number of fused-ring (bicyclic) bond motifs is 2. The minimum absolute atomic E-state index is 0.0140. The SMILES string of the molecule is CC(=O)N1Cc2cc(C3CCC(=O)N(C)C3)cc(N3CCCc4cc(-c5cn(C)nc5C(=O)N(C)C)c(C(F)F)cc43)c2C1. The molecule has 1 saturated heterocycles. The molecule has 0 radical (unpaired) electrons. The van der Waals surface area contributed by atoms with E-state index < -0.39 is 6.43 Å². The minimum Gasteiger partial charge on any atom is -0.345 e. The number of aryl methyl sites for hydroxylation is 2. The number of hydrogen-bond acceptors (Lipinski definition) is 5. The Hall–Kier alpha value is -4.28. The third-order valence-corrected chi connectivity index (χ3v) is 9.22. The number of carbonyl (C=O) groups is 3. The third-order valence-electron chi connectivity index (χ3n) is 9.22. The average Bonchev–Trinajstić information content (AvgIpc) is 3.60. The molecule has 3 aliphatic rings. The maximum absolute atomic E-state index is 14.8. The topological polar surface area (TPSA) is 82.0 Å². The van der Waals surface area contributed by atoms with Gasteiger partial charge in [0.2, 0.25) is 11.8 Å². The molecule has 11 heteroatoms. The molecule has 9 nitrogen and oxygen atoms in total. The van der Waals surface area contributed by atoms with E-state index in [9.17, 15) is 23.2 Å². The van der Waals surface area contributed by atoms with Crippen LogP contribution in [0.15, 0.2) is 30.5 Å². The standard InChI is InChI=1S/C33H38F2N6O3/c1-19(42)40-16-23-11-22(21-8-9-30(43)38(4)15-21)13-29(26(23)18-40)41-10-6-7-20-12-24(25(32(34)35)14-28(20)41)27-17-39(5)36-31(27)33(44)37(2)3/h11-14,17,21,32H,6-10,15-16,18H2,1-5H3. The van der Waals surface area contributed by atoms with E-state index in [1.54, 1.807) is 56.2 Å². The van der Waals surface area contributed by atoms with Gasteiger partial charge in [-0.05, 0) is 59.7 Å². The highest BCUT2D eigenvalue weighted by atomic mass is 19.3. The first-order chi connectivity index (χ1) is 20.9. The van der Waals surface area contributed by atoms with E-state index in [-0.39, 0.29) is 34.9 Å². The number of nitrogens with zero attached hydrogens (tertiary/aromatic N) is 6. The number of alkyl halides is 2. The first-order valence-electron chi connectivity index (χ1n) is 15.1. The van der Waals surface area contributed by atoms with Crippen molar-refractivity contribution in [3.63, 3.8) is 0 Å². The summed E-state index contributed by atoms with van der Waals surface area (Å²) in [6.07, 6.45) is 1.59. The normalized spacial score (nSPS) is 18.1. The molecule has 1 unspecified atom stereocenters. The summed E-state index contributed by atoms with van der Waals surface area (Å²) in [5, 5.41) is 4.32. The molecule has 3 aromatic rings. The van der Waals surface area contributed by atoms with Gasteiger partial charge in [0.05, 0.1) is 0 Å². The van der Waals surface area contributed by atoms with Gasteiger partial charge in [-0.3, -0.25) is 19.1 Å². The number of benzene rings is 2. The van der Waals surface area contributed by atoms with Gasteiger partial charge in [-0.2, -0.15) is 5.10 Å². The molecule has 232 valence electrons. The van der Waals surface area contributed by atoms with Crippen LogP contribution in [0.2, 0.25) is 0 Å². The van der Waals surface area contributed by atoms with Crippen LogP contribution in [0.3, 0.4) is 0 Å². The van der Waals surface area contributed by atoms with Gasteiger partial charge in [-0.25, -0.2) is 8.78 Å². The second-order valence-electron chi connectivity index (χ2n) is 12.5. The predicted molar refractivity (Wildman–Crippen MR) is 163 cm³/mol. The highest BCUT2D eigenvalue weighted by molar-refractivity contribution is 5.99. The lowest BCUT2D eigenvalue weighted by molar-refractivity contribution is -0.132. The molecule has 0 N–H and O–H groups in total. The Morgan fingerprint density at radius 2 is 1.77 bits per heavy atom. The van der Waals surface area contributed by atoms with E-state index in [4.69, 9.17) is 0 Å². The Morgan fingerprint density at radius 3 is 2.45 bits per heavy atom. The Labute approximate surface area is 256 Å². The molecular formula is C33H38F2N6O3. The number of rotatable bonds is 5. The molecule has 0 saturated carbocycles. The predicted octanol–water partition coefficient (Wildman–Crippen LogP) is 5.01. The number of anilines is 2. The molecule has 0 aliphatic carbocycles. The monoisotopic (exact) mass is 604 g/mol. The van der Waals surface area contributed by atoms with Crippen LogP contribution in [0.1, 0.15) is 76.8 Å². The van der Waals surface area contributed by atoms with Gasteiger partial charge in [-0.1, -0.05) is 6.07 Å². The van der Waals surface area contributed by atoms with Gasteiger partial charge >= 0.3 is 0 Å². The van der Waals surface area contributed by atoms with Crippen molar-refractivity contribution < 1.29 is 23.2 Å². The van der Waals surface area contributed by atoms with Crippen molar-refractivity contribution in [1.29, 1.82) is 0 Å². The van der Waals surface area contributed by atoms with Crippen LogP contribution in [-0.4, -0.2) is 76.4 Å². The number of likely N-dealkylation sites (N-methyl/N-ethyl adjacent to an activating group) is 1. The van der Waals surface area contributed by atoms with E-state index >= 15 is 0 Å². The summed E-state index contributed by atoms with van der Waals surface area (Å²) in [5.74, 6) is -0.0816. The zero-order valence-corrected chi connectivity index (χ0v) is 25.9. The number of amides is 3. The zero-order valence-electron chi connectivity index (χ0n) is 25.9. The van der Waals surface area contributed by atoms with Crippen LogP contribution >= 0.6 is 0 Å². The summed E-state index contributed by atoms with van der Waals surface area (Å²) < 4.78 is 31.1. The van der Waals surface area contributed by atoms with Crippen molar-refractivity contribution in [1.82, 2.24) is 24.5 Å². The third kappa shape index (κ3) is 5.22. The first-order valence-corrected chi connectivity index (χ1v) is 15.1. The molecule has 1 fully saturated rings. The van der Waals surface area contributed by atoms with Crippen LogP contribution in [0.5, 0.6) is 0 Å². The van der Waals surface area contributed by atoms with Gasteiger partial charge in [-0.15, -0.1) is 0 Å². The molecule has 1 aromatic heterocycles. The van der Waals surface area contributed by atoms with Gasteiger partial charge in [0, 0.05) is 108 Å². The molecule has 0 spiro atoms. The summed E-state index contributed by atoms with van der Waals surface area (Å²) in [5.41, 5.74) is 6.46. The van der Waals surface area contributed by atoms with Crippen LogP contribution in [0, 0.1) is 0 Å². The fourth-order valence-corrected chi connectivity index (χ4v) is 6.87. The van der Waals surface area contributed by atoms with Crippen molar-refractivity contribution in [2.24, 2.45) is 7.05 Å².